The Balaban J connectivity index is 1.35. The van der Waals surface area contributed by atoms with Gasteiger partial charge in [-0.25, -0.2) is 0 Å². The molecule has 2 atom stereocenters. The predicted molar refractivity (Wildman–Crippen MR) is 184 cm³/mol. The molecule has 0 bridgehead atoms. The molecule has 2 aliphatic carbocycles. The summed E-state index contributed by atoms with van der Waals surface area (Å²) >= 11 is 8.42. The van der Waals surface area contributed by atoms with Gasteiger partial charge in [-0.05, 0) is 63.2 Å². The molecule has 4 aromatic carbocycles. The topological polar surface area (TPSA) is 3.24 Å². The van der Waals surface area contributed by atoms with Gasteiger partial charge in [0.1, 0.15) is 8.90 Å². The number of nitrogens with zero attached hydrogens (tertiary/aromatic N) is 1. The number of allylic oxidation sites excluding steroid dienone is 4. The minimum atomic E-state index is -0.426. The van der Waals surface area contributed by atoms with Crippen molar-refractivity contribution in [3.63, 3.8) is 0 Å². The van der Waals surface area contributed by atoms with Crippen LogP contribution in [0.25, 0.3) is 28.3 Å². The summed E-state index contributed by atoms with van der Waals surface area (Å²) in [5.74, 6) is 0. The van der Waals surface area contributed by atoms with Crippen molar-refractivity contribution in [1.29, 1.82) is 0 Å². The molecule has 0 saturated heterocycles. The van der Waals surface area contributed by atoms with Gasteiger partial charge in [0.05, 0.1) is 0 Å². The summed E-state index contributed by atoms with van der Waals surface area (Å²) in [4.78, 5) is 2.47. The van der Waals surface area contributed by atoms with Gasteiger partial charge in [-0.3, -0.25) is 0 Å². The second kappa shape index (κ2) is 11.7. The first-order valence-corrected chi connectivity index (χ1v) is 15.5. The second-order valence-electron chi connectivity index (χ2n) is 10.5. The van der Waals surface area contributed by atoms with E-state index >= 15 is 0 Å². The van der Waals surface area contributed by atoms with E-state index < -0.39 is 8.90 Å². The standard InChI is InChI=1S/C38H31Br2N/c1-2-29-13-15-32(16-14-29)33-17-19-36(20-18-33)41(37(39)25-21-34(22-26-37)30-9-5-3-6-10-30)38(40)27-23-35(24-28-38)31-11-7-4-8-12-31/h2-25,27H,1,26,28H2. The van der Waals surface area contributed by atoms with Gasteiger partial charge >= 0.3 is 0 Å². The van der Waals surface area contributed by atoms with E-state index in [0.29, 0.717) is 0 Å². The van der Waals surface area contributed by atoms with Crippen LogP contribution in [0.2, 0.25) is 0 Å². The Morgan fingerprint density at radius 2 is 1.00 bits per heavy atom. The average molecular weight is 661 g/mol. The maximum atomic E-state index is 4.21. The molecule has 41 heavy (non-hydrogen) atoms. The minimum absolute atomic E-state index is 0.426. The van der Waals surface area contributed by atoms with Crippen LogP contribution in [0.4, 0.5) is 5.69 Å². The fraction of sp³-hybridized carbons (Fsp3) is 0.105. The van der Waals surface area contributed by atoms with Gasteiger partial charge in [0.15, 0.2) is 0 Å². The summed E-state index contributed by atoms with van der Waals surface area (Å²) in [5, 5.41) is 0. The Hall–Kier alpha value is -3.66. The van der Waals surface area contributed by atoms with Gasteiger partial charge in [-0.15, -0.1) is 0 Å². The van der Waals surface area contributed by atoms with E-state index in [0.717, 1.165) is 24.1 Å². The zero-order valence-electron chi connectivity index (χ0n) is 22.8. The lowest BCUT2D eigenvalue weighted by Crippen LogP contribution is -2.54. The van der Waals surface area contributed by atoms with Crippen molar-refractivity contribution >= 4 is 54.8 Å². The molecule has 0 spiro atoms. The monoisotopic (exact) mass is 659 g/mol. The van der Waals surface area contributed by atoms with Crippen molar-refractivity contribution in [2.45, 2.75) is 21.7 Å². The van der Waals surface area contributed by atoms with Crippen LogP contribution in [0.5, 0.6) is 0 Å². The van der Waals surface area contributed by atoms with E-state index in [9.17, 15) is 0 Å². The fourth-order valence-electron chi connectivity index (χ4n) is 5.59. The number of hydrogen-bond donors (Lipinski definition) is 0. The lowest BCUT2D eigenvalue weighted by atomic mass is 9.91. The van der Waals surface area contributed by atoms with E-state index in [2.05, 4.69) is 189 Å². The third kappa shape index (κ3) is 5.75. The van der Waals surface area contributed by atoms with Crippen LogP contribution >= 0.6 is 31.9 Å². The number of benzene rings is 4. The van der Waals surface area contributed by atoms with Crippen LogP contribution in [0.1, 0.15) is 29.5 Å². The first kappa shape index (κ1) is 27.5. The van der Waals surface area contributed by atoms with E-state index in [4.69, 9.17) is 0 Å². The van der Waals surface area contributed by atoms with Gasteiger partial charge in [0.25, 0.3) is 0 Å². The van der Waals surface area contributed by atoms with Gasteiger partial charge < -0.3 is 4.90 Å². The molecule has 2 unspecified atom stereocenters. The first-order chi connectivity index (χ1) is 20.0. The molecule has 3 heteroatoms. The van der Waals surface area contributed by atoms with Crippen molar-refractivity contribution < 1.29 is 0 Å². The predicted octanol–water partition coefficient (Wildman–Crippen LogP) is 11.1. The zero-order chi connectivity index (χ0) is 28.3. The van der Waals surface area contributed by atoms with Gasteiger partial charge in [0.2, 0.25) is 0 Å². The van der Waals surface area contributed by atoms with Crippen LogP contribution in [0.15, 0.2) is 152 Å². The third-order valence-electron chi connectivity index (χ3n) is 7.82. The smallest absolute Gasteiger partial charge is 0.119 e. The largest absolute Gasteiger partial charge is 0.333 e. The molecule has 0 heterocycles. The summed E-state index contributed by atoms with van der Waals surface area (Å²) in [6.45, 7) is 3.88. The molecule has 202 valence electrons. The molecule has 0 N–H and O–H groups in total. The van der Waals surface area contributed by atoms with E-state index in [-0.39, 0.29) is 0 Å². The Labute approximate surface area is 260 Å². The SMILES string of the molecule is C=Cc1ccc(-c2ccc(N(C3(Br)C=CC(c4ccccc4)=CC3)C3(Br)C=CC(c4ccccc4)=CC3)cc2)cc1. The molecular formula is C38H31Br2N. The molecule has 0 radical (unpaired) electrons. The van der Waals surface area contributed by atoms with Gasteiger partial charge in [-0.2, -0.15) is 0 Å². The highest BCUT2D eigenvalue weighted by molar-refractivity contribution is 9.10. The molecular weight excluding hydrogens is 630 g/mol. The lowest BCUT2D eigenvalue weighted by Gasteiger charge is -2.49. The Bertz CT molecular complexity index is 1570. The highest BCUT2D eigenvalue weighted by Gasteiger charge is 2.44. The number of alkyl halides is 2. The van der Waals surface area contributed by atoms with Crippen LogP contribution in [-0.4, -0.2) is 8.90 Å². The number of hydrogen-bond acceptors (Lipinski definition) is 1. The van der Waals surface area contributed by atoms with Crippen molar-refractivity contribution in [3.8, 4) is 11.1 Å². The van der Waals surface area contributed by atoms with Gasteiger partial charge in [-0.1, -0.05) is 166 Å². The summed E-state index contributed by atoms with van der Waals surface area (Å²) in [7, 11) is 0. The van der Waals surface area contributed by atoms with E-state index in [1.54, 1.807) is 0 Å². The second-order valence-corrected chi connectivity index (χ2v) is 13.2. The molecule has 0 saturated carbocycles. The van der Waals surface area contributed by atoms with Crippen LogP contribution in [-0.2, 0) is 0 Å². The average Bonchev–Trinajstić information content (AvgIpc) is 3.03. The maximum Gasteiger partial charge on any atom is 0.119 e. The summed E-state index contributed by atoms with van der Waals surface area (Å²) < 4.78 is -0.853. The van der Waals surface area contributed by atoms with Crippen LogP contribution in [0.3, 0.4) is 0 Å². The van der Waals surface area contributed by atoms with Gasteiger partial charge in [0, 0.05) is 18.5 Å². The van der Waals surface area contributed by atoms with Crippen molar-refractivity contribution in [3.05, 3.63) is 169 Å². The summed E-state index contributed by atoms with van der Waals surface area (Å²) in [6.07, 6.45) is 17.2. The Kier molecular flexibility index (Phi) is 7.84. The third-order valence-corrected chi connectivity index (χ3v) is 9.70. The minimum Gasteiger partial charge on any atom is -0.333 e. The summed E-state index contributed by atoms with van der Waals surface area (Å²) in [5.41, 5.74) is 9.59. The highest BCUT2D eigenvalue weighted by Crippen LogP contribution is 2.49. The summed E-state index contributed by atoms with van der Waals surface area (Å²) in [6, 6.07) is 38.6. The van der Waals surface area contributed by atoms with Crippen molar-refractivity contribution in [1.82, 2.24) is 0 Å². The zero-order valence-corrected chi connectivity index (χ0v) is 25.9. The highest BCUT2D eigenvalue weighted by atomic mass is 79.9. The quantitative estimate of drug-likeness (QED) is 0.141. The molecule has 4 aromatic rings. The number of rotatable bonds is 7. The fourth-order valence-corrected chi connectivity index (χ4v) is 7.46. The lowest BCUT2D eigenvalue weighted by molar-refractivity contribution is 0.565. The van der Waals surface area contributed by atoms with Crippen LogP contribution in [0, 0.1) is 0 Å². The molecule has 2 aliphatic rings. The van der Waals surface area contributed by atoms with E-state index in [1.165, 1.54) is 33.4 Å². The van der Waals surface area contributed by atoms with Crippen molar-refractivity contribution in [2.75, 3.05) is 4.90 Å². The molecule has 6 rings (SSSR count). The number of halogens is 2. The molecule has 0 aliphatic heterocycles. The van der Waals surface area contributed by atoms with Crippen LogP contribution < -0.4 is 4.90 Å². The van der Waals surface area contributed by atoms with Crippen molar-refractivity contribution in [2.24, 2.45) is 0 Å². The Morgan fingerprint density at radius 1 is 0.561 bits per heavy atom. The molecule has 1 nitrogen and oxygen atoms in total. The molecule has 0 amide bonds. The normalized spacial score (nSPS) is 21.6. The molecule has 0 aromatic heterocycles. The molecule has 0 fully saturated rings. The maximum absolute atomic E-state index is 4.21. The number of anilines is 1. The Morgan fingerprint density at radius 3 is 1.39 bits per heavy atom. The van der Waals surface area contributed by atoms with E-state index in [1.807, 2.05) is 6.08 Å². The first-order valence-electron chi connectivity index (χ1n) is 13.9.